The number of carbonyl (C=O) groups excluding carboxylic acids is 1. The Hall–Kier alpha value is -1.75. The molecule has 1 aromatic rings. The van der Waals surface area contributed by atoms with Crippen LogP contribution in [0.25, 0.3) is 0 Å². The molecule has 21 heavy (non-hydrogen) atoms. The number of aliphatic hydroxyl groups is 1. The van der Waals surface area contributed by atoms with Crippen molar-refractivity contribution in [2.45, 2.75) is 45.4 Å². The molecule has 1 aromatic carbocycles. The summed E-state index contributed by atoms with van der Waals surface area (Å²) in [6.45, 7) is 7.41. The molecule has 2 rings (SSSR count). The summed E-state index contributed by atoms with van der Waals surface area (Å²) in [5.41, 5.74) is 1.59. The quantitative estimate of drug-likeness (QED) is 0.897. The molecule has 1 amide bonds. The lowest BCUT2D eigenvalue weighted by molar-refractivity contribution is 0.0523. The van der Waals surface area contributed by atoms with E-state index in [1.807, 2.05) is 45.0 Å². The lowest BCUT2D eigenvalue weighted by atomic mass is 10.1. The fourth-order valence-electron chi connectivity index (χ4n) is 2.41. The highest BCUT2D eigenvalue weighted by atomic mass is 16.6. The molecule has 0 radical (unpaired) electrons. The van der Waals surface area contributed by atoms with Crippen LogP contribution in [0.3, 0.4) is 0 Å². The third-order valence-corrected chi connectivity index (χ3v) is 3.32. The van der Waals surface area contributed by atoms with Crippen LogP contribution in [0.15, 0.2) is 24.3 Å². The van der Waals surface area contributed by atoms with E-state index in [9.17, 15) is 9.90 Å². The summed E-state index contributed by atoms with van der Waals surface area (Å²) in [4.78, 5) is 13.9. The van der Waals surface area contributed by atoms with E-state index in [0.717, 1.165) is 24.2 Å². The second-order valence-corrected chi connectivity index (χ2v) is 6.37. The molecule has 0 saturated carbocycles. The summed E-state index contributed by atoms with van der Waals surface area (Å²) < 4.78 is 5.24. The zero-order valence-corrected chi connectivity index (χ0v) is 12.9. The highest BCUT2D eigenvalue weighted by molar-refractivity contribution is 5.68. The summed E-state index contributed by atoms with van der Waals surface area (Å²) in [7, 11) is 0. The average molecular weight is 292 g/mol. The Morgan fingerprint density at radius 3 is 2.76 bits per heavy atom. The monoisotopic (exact) mass is 292 g/mol. The summed E-state index contributed by atoms with van der Waals surface area (Å²) in [6, 6.07) is 7.92. The van der Waals surface area contributed by atoms with Crippen LogP contribution in [0.4, 0.5) is 10.5 Å². The van der Waals surface area contributed by atoms with Crippen molar-refractivity contribution in [3.63, 3.8) is 0 Å². The van der Waals surface area contributed by atoms with Crippen LogP contribution in [0.5, 0.6) is 0 Å². The molecule has 1 atom stereocenters. The van der Waals surface area contributed by atoms with Gasteiger partial charge in [-0.25, -0.2) is 4.79 Å². The van der Waals surface area contributed by atoms with Gasteiger partial charge in [-0.3, -0.25) is 0 Å². The van der Waals surface area contributed by atoms with Crippen molar-refractivity contribution in [1.82, 2.24) is 5.32 Å². The van der Waals surface area contributed by atoms with Crippen LogP contribution in [-0.4, -0.2) is 36.0 Å². The molecule has 5 heteroatoms. The number of ether oxygens (including phenoxy) is 1. The first-order valence-corrected chi connectivity index (χ1v) is 7.33. The maximum atomic E-state index is 11.7. The Morgan fingerprint density at radius 2 is 2.14 bits per heavy atom. The number of aliphatic hydroxyl groups excluding tert-OH is 1. The van der Waals surface area contributed by atoms with Crippen LogP contribution >= 0.6 is 0 Å². The zero-order valence-electron chi connectivity index (χ0n) is 12.9. The maximum Gasteiger partial charge on any atom is 0.407 e. The van der Waals surface area contributed by atoms with Gasteiger partial charge in [0.25, 0.3) is 0 Å². The minimum atomic E-state index is -0.497. The molecule has 1 aliphatic rings. The smallest absolute Gasteiger partial charge is 0.407 e. The number of β-amino-alcohol motifs (C(OH)–C–C–N with tert-alkyl or cyclic N) is 1. The normalized spacial score (nSPS) is 18.7. The van der Waals surface area contributed by atoms with E-state index in [-0.39, 0.29) is 6.10 Å². The van der Waals surface area contributed by atoms with Crippen LogP contribution in [-0.2, 0) is 11.3 Å². The van der Waals surface area contributed by atoms with Gasteiger partial charge in [0.15, 0.2) is 0 Å². The van der Waals surface area contributed by atoms with Crippen LogP contribution in [0, 0.1) is 0 Å². The number of nitrogens with one attached hydrogen (secondary N) is 1. The van der Waals surface area contributed by atoms with Gasteiger partial charge in [-0.1, -0.05) is 18.2 Å². The van der Waals surface area contributed by atoms with E-state index in [1.54, 1.807) is 0 Å². The predicted molar refractivity (Wildman–Crippen MR) is 82.4 cm³/mol. The lowest BCUT2D eigenvalue weighted by Gasteiger charge is -2.23. The fraction of sp³-hybridized carbons (Fsp3) is 0.562. The number of para-hydroxylation sites is 1. The zero-order chi connectivity index (χ0) is 15.5. The lowest BCUT2D eigenvalue weighted by Crippen LogP contribution is -2.32. The SMILES string of the molecule is CC(C)(C)OC(=O)NCc1ccccc1N1CC[C@@H](O)C1. The highest BCUT2D eigenvalue weighted by Gasteiger charge is 2.22. The number of amides is 1. The number of nitrogens with zero attached hydrogens (tertiary/aromatic N) is 1. The molecule has 2 N–H and O–H groups in total. The summed E-state index contributed by atoms with van der Waals surface area (Å²) in [5.74, 6) is 0. The third kappa shape index (κ3) is 4.63. The van der Waals surface area contributed by atoms with Gasteiger partial charge in [-0.05, 0) is 38.8 Å². The molecule has 1 aliphatic heterocycles. The number of anilines is 1. The number of alkyl carbamates (subject to hydrolysis) is 1. The molecule has 0 spiro atoms. The van der Waals surface area contributed by atoms with E-state index in [0.29, 0.717) is 13.1 Å². The molecule has 5 nitrogen and oxygen atoms in total. The average Bonchev–Trinajstić information content (AvgIpc) is 2.81. The molecule has 1 saturated heterocycles. The first kappa shape index (κ1) is 15.6. The molecule has 1 heterocycles. The number of benzene rings is 1. The summed E-state index contributed by atoms with van der Waals surface area (Å²) in [6.07, 6.45) is 0.101. The van der Waals surface area contributed by atoms with Gasteiger partial charge in [0.2, 0.25) is 0 Å². The molecular formula is C16H24N2O3. The van der Waals surface area contributed by atoms with Crippen molar-refractivity contribution < 1.29 is 14.6 Å². The first-order valence-electron chi connectivity index (χ1n) is 7.33. The first-order chi connectivity index (χ1) is 9.85. The molecule has 1 fully saturated rings. The number of hydrogen-bond acceptors (Lipinski definition) is 4. The van der Waals surface area contributed by atoms with Gasteiger partial charge in [-0.2, -0.15) is 0 Å². The fourth-order valence-corrected chi connectivity index (χ4v) is 2.41. The standard InChI is InChI=1S/C16H24N2O3/c1-16(2,3)21-15(20)17-10-12-6-4-5-7-14(12)18-9-8-13(19)11-18/h4-7,13,19H,8-11H2,1-3H3,(H,17,20)/t13-/m1/s1. The van der Waals surface area contributed by atoms with Gasteiger partial charge in [0.05, 0.1) is 6.10 Å². The Bertz CT molecular complexity index is 497. The topological polar surface area (TPSA) is 61.8 Å². The van der Waals surface area contributed by atoms with E-state index in [2.05, 4.69) is 10.2 Å². The Balaban J connectivity index is 1.99. The van der Waals surface area contributed by atoms with Gasteiger partial charge in [0.1, 0.15) is 5.60 Å². The van der Waals surface area contributed by atoms with Crippen molar-refractivity contribution in [3.8, 4) is 0 Å². The van der Waals surface area contributed by atoms with Gasteiger partial charge in [-0.15, -0.1) is 0 Å². The Morgan fingerprint density at radius 1 is 1.43 bits per heavy atom. The molecule has 0 unspecified atom stereocenters. The Kier molecular flexibility index (Phi) is 4.73. The minimum absolute atomic E-state index is 0.267. The van der Waals surface area contributed by atoms with Crippen molar-refractivity contribution in [2.24, 2.45) is 0 Å². The number of carbonyl (C=O) groups is 1. The van der Waals surface area contributed by atoms with Crippen molar-refractivity contribution >= 4 is 11.8 Å². The molecule has 0 aliphatic carbocycles. The highest BCUT2D eigenvalue weighted by Crippen LogP contribution is 2.24. The van der Waals surface area contributed by atoms with Crippen LogP contribution < -0.4 is 10.2 Å². The van der Waals surface area contributed by atoms with E-state index in [1.165, 1.54) is 0 Å². The van der Waals surface area contributed by atoms with E-state index < -0.39 is 11.7 Å². The molecular weight excluding hydrogens is 268 g/mol. The van der Waals surface area contributed by atoms with Crippen LogP contribution in [0.1, 0.15) is 32.8 Å². The summed E-state index contributed by atoms with van der Waals surface area (Å²) >= 11 is 0. The van der Waals surface area contributed by atoms with Gasteiger partial charge < -0.3 is 20.1 Å². The van der Waals surface area contributed by atoms with Crippen molar-refractivity contribution in [3.05, 3.63) is 29.8 Å². The number of hydrogen-bond donors (Lipinski definition) is 2. The minimum Gasteiger partial charge on any atom is -0.444 e. The van der Waals surface area contributed by atoms with Gasteiger partial charge in [0, 0.05) is 25.3 Å². The second kappa shape index (κ2) is 6.35. The third-order valence-electron chi connectivity index (χ3n) is 3.32. The Labute approximate surface area is 125 Å². The van der Waals surface area contributed by atoms with E-state index >= 15 is 0 Å². The number of rotatable bonds is 3. The molecule has 0 aromatic heterocycles. The molecule has 116 valence electrons. The maximum absolute atomic E-state index is 11.7. The summed E-state index contributed by atoms with van der Waals surface area (Å²) in [5, 5.41) is 12.4. The predicted octanol–water partition coefficient (Wildman–Crippen LogP) is 2.28. The largest absolute Gasteiger partial charge is 0.444 e. The van der Waals surface area contributed by atoms with Gasteiger partial charge >= 0.3 is 6.09 Å². The second-order valence-electron chi connectivity index (χ2n) is 6.37. The van der Waals surface area contributed by atoms with Crippen LogP contribution in [0.2, 0.25) is 0 Å². The van der Waals surface area contributed by atoms with Crippen molar-refractivity contribution in [2.75, 3.05) is 18.0 Å². The van der Waals surface area contributed by atoms with E-state index in [4.69, 9.17) is 4.74 Å². The molecule has 0 bridgehead atoms. The van der Waals surface area contributed by atoms with Crippen molar-refractivity contribution in [1.29, 1.82) is 0 Å².